The van der Waals surface area contributed by atoms with Crippen LogP contribution in [0.25, 0.3) is 0 Å². The summed E-state index contributed by atoms with van der Waals surface area (Å²) in [5.41, 5.74) is 0.297. The second kappa shape index (κ2) is 5.47. The Hall–Kier alpha value is -1.31. The molecule has 0 aliphatic carbocycles. The van der Waals surface area contributed by atoms with Crippen LogP contribution in [0.5, 0.6) is 0 Å². The van der Waals surface area contributed by atoms with E-state index in [0.29, 0.717) is 5.57 Å². The van der Waals surface area contributed by atoms with Gasteiger partial charge in [-0.25, -0.2) is 4.79 Å². The monoisotopic (exact) mass is 152 g/mol. The zero-order valence-electron chi connectivity index (χ0n) is 6.74. The van der Waals surface area contributed by atoms with Crippen molar-refractivity contribution in [2.45, 2.75) is 13.8 Å². The summed E-state index contributed by atoms with van der Waals surface area (Å²) in [7, 11) is 0. The summed E-state index contributed by atoms with van der Waals surface area (Å²) in [4.78, 5) is 10.4. The van der Waals surface area contributed by atoms with Gasteiger partial charge in [0.25, 0.3) is 0 Å². The predicted octanol–water partition coefficient (Wildman–Crippen LogP) is 2.15. The summed E-state index contributed by atoms with van der Waals surface area (Å²) in [6.45, 7) is 3.62. The van der Waals surface area contributed by atoms with Gasteiger partial charge >= 0.3 is 5.97 Å². The number of carbonyl (C=O) groups is 1. The quantitative estimate of drug-likeness (QED) is 0.497. The van der Waals surface area contributed by atoms with E-state index in [4.69, 9.17) is 5.11 Å². The van der Waals surface area contributed by atoms with E-state index in [-0.39, 0.29) is 0 Å². The highest BCUT2D eigenvalue weighted by atomic mass is 16.4. The Balaban J connectivity index is 4.45. The number of carboxylic acids is 1. The van der Waals surface area contributed by atoms with E-state index in [2.05, 4.69) is 0 Å². The maximum absolute atomic E-state index is 10.4. The molecule has 0 aliphatic rings. The van der Waals surface area contributed by atoms with E-state index in [1.54, 1.807) is 37.3 Å². The lowest BCUT2D eigenvalue weighted by molar-refractivity contribution is -0.132. The van der Waals surface area contributed by atoms with Crippen LogP contribution in [0.2, 0.25) is 0 Å². The van der Waals surface area contributed by atoms with Gasteiger partial charge in [-0.3, -0.25) is 0 Å². The van der Waals surface area contributed by atoms with Gasteiger partial charge in [-0.2, -0.15) is 0 Å². The Bertz CT molecular complexity index is 210. The summed E-state index contributed by atoms with van der Waals surface area (Å²) >= 11 is 0. The van der Waals surface area contributed by atoms with Crippen molar-refractivity contribution < 1.29 is 9.90 Å². The topological polar surface area (TPSA) is 37.3 Å². The van der Waals surface area contributed by atoms with Gasteiger partial charge in [0, 0.05) is 0 Å². The van der Waals surface area contributed by atoms with Gasteiger partial charge in [0.15, 0.2) is 0 Å². The minimum Gasteiger partial charge on any atom is -0.478 e. The first-order valence-corrected chi connectivity index (χ1v) is 3.41. The fraction of sp³-hybridized carbons (Fsp3) is 0.222. The first-order valence-electron chi connectivity index (χ1n) is 3.41. The van der Waals surface area contributed by atoms with E-state index >= 15 is 0 Å². The number of aliphatic carboxylic acids is 1. The summed E-state index contributed by atoms with van der Waals surface area (Å²) in [6.07, 6.45) is 8.30. The number of carboxylic acid groups (broad SMARTS) is 1. The zero-order valence-corrected chi connectivity index (χ0v) is 6.74. The highest BCUT2D eigenvalue weighted by molar-refractivity contribution is 5.90. The normalized spacial score (nSPS) is 13.1. The highest BCUT2D eigenvalue weighted by Crippen LogP contribution is 1.97. The maximum atomic E-state index is 10.4. The first kappa shape index (κ1) is 9.69. The van der Waals surface area contributed by atoms with Crippen LogP contribution in [0.4, 0.5) is 0 Å². The summed E-state index contributed by atoms with van der Waals surface area (Å²) in [5.74, 6) is -0.902. The number of hydrogen-bond acceptors (Lipinski definition) is 1. The SMILES string of the molecule is C\C=C/C=C(\C=C\C)C(=O)O. The van der Waals surface area contributed by atoms with Gasteiger partial charge in [-0.15, -0.1) is 0 Å². The van der Waals surface area contributed by atoms with Crippen molar-refractivity contribution in [3.8, 4) is 0 Å². The molecule has 0 unspecified atom stereocenters. The van der Waals surface area contributed by atoms with Crippen LogP contribution >= 0.6 is 0 Å². The summed E-state index contributed by atoms with van der Waals surface area (Å²) < 4.78 is 0. The molecule has 0 saturated carbocycles. The standard InChI is InChI=1S/C9H12O2/c1-3-5-7-8(6-4-2)9(10)11/h3-7H,1-2H3,(H,10,11)/b5-3-,6-4+,8-7+. The average Bonchev–Trinajstić information content (AvgIpc) is 1.97. The minimum absolute atomic E-state index is 0.297. The molecule has 0 radical (unpaired) electrons. The fourth-order valence-corrected chi connectivity index (χ4v) is 0.578. The van der Waals surface area contributed by atoms with Crippen molar-refractivity contribution in [3.05, 3.63) is 36.0 Å². The lowest BCUT2D eigenvalue weighted by Crippen LogP contribution is -1.96. The molecule has 0 fully saturated rings. The molecule has 0 atom stereocenters. The van der Waals surface area contributed by atoms with Gasteiger partial charge < -0.3 is 5.11 Å². The van der Waals surface area contributed by atoms with Crippen molar-refractivity contribution in [2.24, 2.45) is 0 Å². The minimum atomic E-state index is -0.902. The molecule has 0 amide bonds. The molecular weight excluding hydrogens is 140 g/mol. The third-order valence-corrected chi connectivity index (χ3v) is 1.06. The van der Waals surface area contributed by atoms with Crippen molar-refractivity contribution in [2.75, 3.05) is 0 Å². The van der Waals surface area contributed by atoms with Crippen molar-refractivity contribution in [3.63, 3.8) is 0 Å². The second-order valence-electron chi connectivity index (χ2n) is 1.95. The Morgan fingerprint density at radius 1 is 1.27 bits per heavy atom. The molecule has 60 valence electrons. The predicted molar refractivity (Wildman–Crippen MR) is 45.3 cm³/mol. The Morgan fingerprint density at radius 3 is 2.27 bits per heavy atom. The molecule has 2 nitrogen and oxygen atoms in total. The number of rotatable bonds is 3. The van der Waals surface area contributed by atoms with Gasteiger partial charge in [0.05, 0.1) is 5.57 Å². The third kappa shape index (κ3) is 4.14. The molecule has 2 heteroatoms. The highest BCUT2D eigenvalue weighted by Gasteiger charge is 1.98. The Labute approximate surface area is 66.5 Å². The molecule has 0 aromatic carbocycles. The molecule has 1 N–H and O–H groups in total. The summed E-state index contributed by atoms with van der Waals surface area (Å²) in [5, 5.41) is 8.58. The maximum Gasteiger partial charge on any atom is 0.335 e. The van der Waals surface area contributed by atoms with Crippen molar-refractivity contribution in [1.29, 1.82) is 0 Å². The van der Waals surface area contributed by atoms with Crippen LogP contribution in [0.1, 0.15) is 13.8 Å². The smallest absolute Gasteiger partial charge is 0.335 e. The van der Waals surface area contributed by atoms with Crippen LogP contribution in [-0.2, 0) is 4.79 Å². The van der Waals surface area contributed by atoms with Crippen LogP contribution in [-0.4, -0.2) is 11.1 Å². The van der Waals surface area contributed by atoms with Crippen LogP contribution in [0, 0.1) is 0 Å². The molecule has 0 heterocycles. The molecule has 0 saturated heterocycles. The first-order chi connectivity index (χ1) is 5.22. The van der Waals surface area contributed by atoms with Crippen LogP contribution in [0.15, 0.2) is 36.0 Å². The lowest BCUT2D eigenvalue weighted by Gasteiger charge is -1.89. The Kier molecular flexibility index (Phi) is 4.82. The molecule has 11 heavy (non-hydrogen) atoms. The van der Waals surface area contributed by atoms with Gasteiger partial charge in [0.1, 0.15) is 0 Å². The molecule has 0 bridgehead atoms. The van der Waals surface area contributed by atoms with Gasteiger partial charge in [-0.1, -0.05) is 24.3 Å². The lowest BCUT2D eigenvalue weighted by atomic mass is 10.2. The third-order valence-electron chi connectivity index (χ3n) is 1.06. The zero-order chi connectivity index (χ0) is 8.69. The number of allylic oxidation sites excluding steroid dienone is 4. The van der Waals surface area contributed by atoms with Gasteiger partial charge in [0.2, 0.25) is 0 Å². The van der Waals surface area contributed by atoms with E-state index < -0.39 is 5.97 Å². The van der Waals surface area contributed by atoms with Crippen molar-refractivity contribution >= 4 is 5.97 Å². The molecular formula is C9H12O2. The van der Waals surface area contributed by atoms with E-state index in [9.17, 15) is 4.79 Å². The molecule has 0 rings (SSSR count). The Morgan fingerprint density at radius 2 is 1.91 bits per heavy atom. The van der Waals surface area contributed by atoms with Crippen LogP contribution in [0.3, 0.4) is 0 Å². The van der Waals surface area contributed by atoms with E-state index in [1.807, 2.05) is 6.92 Å². The fourth-order valence-electron chi connectivity index (χ4n) is 0.578. The largest absolute Gasteiger partial charge is 0.478 e. The van der Waals surface area contributed by atoms with Gasteiger partial charge in [-0.05, 0) is 19.9 Å². The van der Waals surface area contributed by atoms with Crippen LogP contribution < -0.4 is 0 Å². The molecule has 0 aromatic heterocycles. The van der Waals surface area contributed by atoms with Crippen molar-refractivity contribution in [1.82, 2.24) is 0 Å². The molecule has 0 aliphatic heterocycles. The second-order valence-corrected chi connectivity index (χ2v) is 1.95. The molecule has 0 aromatic rings. The average molecular weight is 152 g/mol. The summed E-state index contributed by atoms with van der Waals surface area (Å²) in [6, 6.07) is 0. The van der Waals surface area contributed by atoms with E-state index in [0.717, 1.165) is 0 Å². The van der Waals surface area contributed by atoms with E-state index in [1.165, 1.54) is 0 Å². The molecule has 0 spiro atoms. The number of hydrogen-bond donors (Lipinski definition) is 1.